The van der Waals surface area contributed by atoms with Crippen LogP contribution in [0.15, 0.2) is 51.1 Å². The fourth-order valence-electron chi connectivity index (χ4n) is 2.26. The molecule has 1 heterocycles. The van der Waals surface area contributed by atoms with Crippen LogP contribution in [0.25, 0.3) is 10.8 Å². The van der Waals surface area contributed by atoms with E-state index in [1.165, 1.54) is 11.8 Å². The van der Waals surface area contributed by atoms with Crippen LogP contribution in [0.1, 0.15) is 20.8 Å². The SMILES string of the molecule is CC(C)CSc1nnc(S[C@@H](C)C(=O)Nc2ccc3ccccc3c2)s1. The van der Waals surface area contributed by atoms with Gasteiger partial charge in [-0.15, -0.1) is 10.2 Å². The van der Waals surface area contributed by atoms with Gasteiger partial charge >= 0.3 is 0 Å². The summed E-state index contributed by atoms with van der Waals surface area (Å²) in [6.07, 6.45) is 0. The van der Waals surface area contributed by atoms with Gasteiger partial charge in [-0.05, 0) is 35.7 Å². The van der Waals surface area contributed by atoms with Gasteiger partial charge in [0.1, 0.15) is 0 Å². The highest BCUT2D eigenvalue weighted by atomic mass is 32.2. The Morgan fingerprint density at radius 2 is 1.81 bits per heavy atom. The lowest BCUT2D eigenvalue weighted by Crippen LogP contribution is -2.22. The average molecular weight is 404 g/mol. The summed E-state index contributed by atoms with van der Waals surface area (Å²) in [5.74, 6) is 1.61. The molecule has 3 rings (SSSR count). The Bertz CT molecular complexity index is 894. The second kappa shape index (κ2) is 8.88. The van der Waals surface area contributed by atoms with Crippen LogP contribution < -0.4 is 5.32 Å². The fourth-order valence-corrected chi connectivity index (χ4v) is 5.40. The van der Waals surface area contributed by atoms with Crippen molar-refractivity contribution < 1.29 is 4.79 Å². The van der Waals surface area contributed by atoms with E-state index in [2.05, 4.69) is 35.4 Å². The number of thioether (sulfide) groups is 2. The molecule has 0 aliphatic heterocycles. The van der Waals surface area contributed by atoms with Crippen LogP contribution in [0.2, 0.25) is 0 Å². The minimum atomic E-state index is -0.239. The van der Waals surface area contributed by atoms with E-state index < -0.39 is 0 Å². The molecule has 4 nitrogen and oxygen atoms in total. The number of rotatable bonds is 7. The van der Waals surface area contributed by atoms with Crippen molar-refractivity contribution in [3.63, 3.8) is 0 Å². The van der Waals surface area contributed by atoms with E-state index in [0.29, 0.717) is 5.92 Å². The van der Waals surface area contributed by atoms with Gasteiger partial charge in [0.15, 0.2) is 8.68 Å². The van der Waals surface area contributed by atoms with E-state index in [1.54, 1.807) is 23.1 Å². The normalized spacial score (nSPS) is 12.5. The lowest BCUT2D eigenvalue weighted by atomic mass is 10.1. The van der Waals surface area contributed by atoms with Gasteiger partial charge in [-0.1, -0.05) is 79.0 Å². The zero-order chi connectivity index (χ0) is 18.5. The summed E-state index contributed by atoms with van der Waals surface area (Å²) in [6, 6.07) is 14.1. The molecule has 1 aromatic heterocycles. The summed E-state index contributed by atoms with van der Waals surface area (Å²) in [5, 5.41) is 13.4. The standard InChI is InChI=1S/C19H21N3OS3/c1-12(2)11-24-18-21-22-19(26-18)25-13(3)17(23)20-16-9-8-14-6-4-5-7-15(14)10-16/h4-10,12-13H,11H2,1-3H3,(H,20,23)/t13-/m0/s1. The molecular formula is C19H21N3OS3. The first-order chi connectivity index (χ1) is 12.5. The van der Waals surface area contributed by atoms with Crippen molar-refractivity contribution >= 4 is 57.2 Å². The van der Waals surface area contributed by atoms with Crippen LogP contribution in [0.5, 0.6) is 0 Å². The Morgan fingerprint density at radius 3 is 2.58 bits per heavy atom. The lowest BCUT2D eigenvalue weighted by Gasteiger charge is -2.11. The average Bonchev–Trinajstić information content (AvgIpc) is 3.07. The van der Waals surface area contributed by atoms with Crippen molar-refractivity contribution in [3.05, 3.63) is 42.5 Å². The number of nitrogens with zero attached hydrogens (tertiary/aromatic N) is 2. The number of amides is 1. The molecular weight excluding hydrogens is 382 g/mol. The van der Waals surface area contributed by atoms with Gasteiger partial charge < -0.3 is 5.32 Å². The Balaban J connectivity index is 1.58. The maximum absolute atomic E-state index is 12.5. The molecule has 1 N–H and O–H groups in total. The van der Waals surface area contributed by atoms with Crippen molar-refractivity contribution in [2.75, 3.05) is 11.1 Å². The van der Waals surface area contributed by atoms with Crippen molar-refractivity contribution in [3.8, 4) is 0 Å². The highest BCUT2D eigenvalue weighted by Gasteiger charge is 2.17. The topological polar surface area (TPSA) is 54.9 Å². The second-order valence-corrected chi connectivity index (χ2v) is 10.2. The summed E-state index contributed by atoms with van der Waals surface area (Å²) in [7, 11) is 0. The number of hydrogen-bond donors (Lipinski definition) is 1. The summed E-state index contributed by atoms with van der Waals surface area (Å²) >= 11 is 4.72. The predicted molar refractivity (Wildman–Crippen MR) is 113 cm³/mol. The minimum absolute atomic E-state index is 0.0307. The van der Waals surface area contributed by atoms with Crippen molar-refractivity contribution in [2.45, 2.75) is 34.7 Å². The summed E-state index contributed by atoms with van der Waals surface area (Å²) in [6.45, 7) is 6.26. The number of carbonyl (C=O) groups excluding carboxylic acids is 1. The molecule has 0 aliphatic carbocycles. The molecule has 2 aromatic carbocycles. The lowest BCUT2D eigenvalue weighted by molar-refractivity contribution is -0.115. The molecule has 1 atom stereocenters. The van der Waals surface area contributed by atoms with Crippen LogP contribution in [0.3, 0.4) is 0 Å². The Morgan fingerprint density at radius 1 is 1.08 bits per heavy atom. The number of anilines is 1. The number of hydrogen-bond acceptors (Lipinski definition) is 6. The quantitative estimate of drug-likeness (QED) is 0.524. The largest absolute Gasteiger partial charge is 0.325 e. The monoisotopic (exact) mass is 403 g/mol. The molecule has 0 radical (unpaired) electrons. The number of carbonyl (C=O) groups is 1. The molecule has 0 aliphatic rings. The smallest absolute Gasteiger partial charge is 0.237 e. The van der Waals surface area contributed by atoms with Crippen LogP contribution in [-0.2, 0) is 4.79 Å². The van der Waals surface area contributed by atoms with Crippen molar-refractivity contribution in [1.29, 1.82) is 0 Å². The van der Waals surface area contributed by atoms with Crippen LogP contribution >= 0.6 is 34.9 Å². The summed E-state index contributed by atoms with van der Waals surface area (Å²) < 4.78 is 1.79. The minimum Gasteiger partial charge on any atom is -0.325 e. The molecule has 0 saturated carbocycles. The molecule has 0 saturated heterocycles. The zero-order valence-corrected chi connectivity index (χ0v) is 17.4. The van der Waals surface area contributed by atoms with Crippen LogP contribution in [-0.4, -0.2) is 27.1 Å². The Kier molecular flexibility index (Phi) is 6.56. The first kappa shape index (κ1) is 19.2. The number of aromatic nitrogens is 2. The van der Waals surface area contributed by atoms with Crippen molar-refractivity contribution in [1.82, 2.24) is 10.2 Å². The maximum atomic E-state index is 12.5. The van der Waals surface area contributed by atoms with Crippen LogP contribution in [0.4, 0.5) is 5.69 Å². The molecule has 0 fully saturated rings. The van der Waals surface area contributed by atoms with E-state index >= 15 is 0 Å². The maximum Gasteiger partial charge on any atom is 0.237 e. The van der Waals surface area contributed by atoms with Gasteiger partial charge in [0, 0.05) is 11.4 Å². The van der Waals surface area contributed by atoms with E-state index in [9.17, 15) is 4.79 Å². The molecule has 7 heteroatoms. The second-order valence-electron chi connectivity index (χ2n) is 6.35. The van der Waals surface area contributed by atoms with Gasteiger partial charge in [-0.25, -0.2) is 0 Å². The fraction of sp³-hybridized carbons (Fsp3) is 0.316. The van der Waals surface area contributed by atoms with Crippen molar-refractivity contribution in [2.24, 2.45) is 5.92 Å². The third-order valence-corrected chi connectivity index (χ3v) is 7.26. The molecule has 136 valence electrons. The van der Waals surface area contributed by atoms with Gasteiger partial charge in [0.05, 0.1) is 5.25 Å². The van der Waals surface area contributed by atoms with Gasteiger partial charge in [0.2, 0.25) is 5.91 Å². The Hall–Kier alpha value is -1.57. The summed E-state index contributed by atoms with van der Waals surface area (Å²) in [5.41, 5.74) is 0.812. The van der Waals surface area contributed by atoms with Crippen LogP contribution in [0, 0.1) is 5.92 Å². The molecule has 26 heavy (non-hydrogen) atoms. The predicted octanol–water partition coefficient (Wildman–Crippen LogP) is 5.56. The molecule has 0 bridgehead atoms. The van der Waals surface area contributed by atoms with E-state index in [4.69, 9.17) is 0 Å². The first-order valence-corrected chi connectivity index (χ1v) is 11.1. The molecule has 1 amide bonds. The number of nitrogens with one attached hydrogen (secondary N) is 1. The first-order valence-electron chi connectivity index (χ1n) is 8.44. The Labute approximate surface area is 166 Å². The van der Waals surface area contributed by atoms with Gasteiger partial charge in [0.25, 0.3) is 0 Å². The zero-order valence-electron chi connectivity index (χ0n) is 14.9. The van der Waals surface area contributed by atoms with E-state index in [-0.39, 0.29) is 11.2 Å². The third-order valence-electron chi connectivity index (χ3n) is 3.59. The highest BCUT2D eigenvalue weighted by molar-refractivity contribution is 8.03. The van der Waals surface area contributed by atoms with E-state index in [0.717, 1.165) is 30.9 Å². The molecule has 0 unspecified atom stereocenters. The highest BCUT2D eigenvalue weighted by Crippen LogP contribution is 2.32. The molecule has 0 spiro atoms. The van der Waals surface area contributed by atoms with Gasteiger partial charge in [-0.2, -0.15) is 0 Å². The number of benzene rings is 2. The summed E-state index contributed by atoms with van der Waals surface area (Å²) in [4.78, 5) is 12.5. The third kappa shape index (κ3) is 5.22. The van der Waals surface area contributed by atoms with Gasteiger partial charge in [-0.3, -0.25) is 4.79 Å². The molecule has 3 aromatic rings. The van der Waals surface area contributed by atoms with E-state index in [1.807, 2.05) is 43.3 Å². The number of fused-ring (bicyclic) bond motifs is 1.